The first-order valence-corrected chi connectivity index (χ1v) is 8.31. The van der Waals surface area contributed by atoms with Crippen molar-refractivity contribution < 1.29 is 14.2 Å². The maximum atomic E-state index is 11.4. The number of benzene rings is 1. The minimum Gasteiger partial charge on any atom is -0.375 e. The van der Waals surface area contributed by atoms with E-state index in [9.17, 15) is 4.79 Å². The summed E-state index contributed by atoms with van der Waals surface area (Å²) in [5.74, 6) is 0. The van der Waals surface area contributed by atoms with E-state index < -0.39 is 0 Å². The quantitative estimate of drug-likeness (QED) is 0.823. The summed E-state index contributed by atoms with van der Waals surface area (Å²) in [4.78, 5) is 13.7. The van der Waals surface area contributed by atoms with E-state index in [4.69, 9.17) is 9.37 Å². The van der Waals surface area contributed by atoms with Gasteiger partial charge in [0.25, 0.3) is 0 Å². The normalized spacial score (nSPS) is 18.6. The average molecular weight is 333 g/mol. The van der Waals surface area contributed by atoms with Gasteiger partial charge >= 0.3 is 6.03 Å². The highest BCUT2D eigenvalue weighted by Crippen LogP contribution is 2.16. The fourth-order valence-electron chi connectivity index (χ4n) is 2.85. The Hall–Kier alpha value is -2.19. The van der Waals surface area contributed by atoms with Crippen molar-refractivity contribution in [3.8, 4) is 0 Å². The van der Waals surface area contributed by atoms with E-state index in [-0.39, 0.29) is 12.1 Å². The lowest BCUT2D eigenvalue weighted by Gasteiger charge is -2.33. The number of ether oxygens (including phenoxy) is 1. The zero-order chi connectivity index (χ0) is 16.8. The van der Waals surface area contributed by atoms with E-state index in [2.05, 4.69) is 25.8 Å². The Morgan fingerprint density at radius 3 is 3.08 bits per heavy atom. The summed E-state index contributed by atoms with van der Waals surface area (Å²) in [7, 11) is 0. The molecule has 2 amide bonds. The first-order chi connectivity index (χ1) is 11.7. The summed E-state index contributed by atoms with van der Waals surface area (Å²) in [6.07, 6.45) is 0.943. The molecule has 3 rings (SSSR count). The van der Waals surface area contributed by atoms with Gasteiger partial charge in [0, 0.05) is 32.7 Å². The first-order valence-electron chi connectivity index (χ1n) is 8.31. The highest BCUT2D eigenvalue weighted by molar-refractivity contribution is 5.74. The van der Waals surface area contributed by atoms with Gasteiger partial charge in [-0.3, -0.25) is 4.90 Å². The number of urea groups is 1. The molecule has 1 aromatic carbocycles. The van der Waals surface area contributed by atoms with E-state index in [1.807, 2.05) is 25.1 Å². The molecule has 1 aromatic heterocycles. The predicted molar refractivity (Wildman–Crippen MR) is 88.5 cm³/mol. The summed E-state index contributed by atoms with van der Waals surface area (Å²) in [5, 5.41) is 13.3. The molecule has 0 unspecified atom stereocenters. The zero-order valence-electron chi connectivity index (χ0n) is 13.8. The molecule has 0 radical (unpaired) electrons. The molecule has 1 atom stereocenters. The van der Waals surface area contributed by atoms with Crippen LogP contribution >= 0.6 is 0 Å². The number of carbonyl (C=O) groups is 1. The van der Waals surface area contributed by atoms with Gasteiger partial charge < -0.3 is 15.4 Å². The van der Waals surface area contributed by atoms with Crippen molar-refractivity contribution in [3.05, 3.63) is 23.8 Å². The van der Waals surface area contributed by atoms with Crippen LogP contribution < -0.4 is 10.6 Å². The van der Waals surface area contributed by atoms with Crippen LogP contribution in [0, 0.1) is 0 Å². The van der Waals surface area contributed by atoms with E-state index in [1.54, 1.807) is 0 Å². The number of aromatic nitrogens is 2. The van der Waals surface area contributed by atoms with Crippen molar-refractivity contribution in [2.24, 2.45) is 0 Å². The lowest BCUT2D eigenvalue weighted by Crippen LogP contribution is -2.44. The van der Waals surface area contributed by atoms with Crippen LogP contribution in [-0.2, 0) is 11.3 Å². The minimum atomic E-state index is -0.125. The molecule has 2 N–H and O–H groups in total. The van der Waals surface area contributed by atoms with Crippen LogP contribution in [0.1, 0.15) is 18.9 Å². The van der Waals surface area contributed by atoms with E-state index in [0.717, 1.165) is 37.1 Å². The van der Waals surface area contributed by atoms with Gasteiger partial charge in [-0.05, 0) is 41.4 Å². The zero-order valence-corrected chi connectivity index (χ0v) is 13.8. The van der Waals surface area contributed by atoms with E-state index in [0.29, 0.717) is 19.7 Å². The first kappa shape index (κ1) is 16.7. The van der Waals surface area contributed by atoms with Crippen LogP contribution in [0.25, 0.3) is 11.0 Å². The third-order valence-electron chi connectivity index (χ3n) is 4.04. The van der Waals surface area contributed by atoms with Crippen molar-refractivity contribution in [2.45, 2.75) is 26.0 Å². The van der Waals surface area contributed by atoms with Gasteiger partial charge in [0.05, 0.1) is 12.7 Å². The molecule has 2 aromatic rings. The molecule has 24 heavy (non-hydrogen) atoms. The largest absolute Gasteiger partial charge is 0.375 e. The molecule has 1 saturated heterocycles. The minimum absolute atomic E-state index is 0.125. The van der Waals surface area contributed by atoms with Gasteiger partial charge in [-0.1, -0.05) is 6.07 Å². The Kier molecular flexibility index (Phi) is 5.60. The highest BCUT2D eigenvalue weighted by atomic mass is 16.6. The average Bonchev–Trinajstić information content (AvgIpc) is 3.03. The van der Waals surface area contributed by atoms with Crippen molar-refractivity contribution in [1.82, 2.24) is 25.8 Å². The molecule has 8 nitrogen and oxygen atoms in total. The number of carbonyl (C=O) groups excluding carboxylic acids is 1. The van der Waals surface area contributed by atoms with Crippen LogP contribution in [0.3, 0.4) is 0 Å². The number of hydrogen-bond donors (Lipinski definition) is 2. The number of amides is 2. The molecule has 1 aliphatic rings. The Morgan fingerprint density at radius 2 is 2.21 bits per heavy atom. The van der Waals surface area contributed by atoms with Gasteiger partial charge in [-0.2, -0.15) is 0 Å². The van der Waals surface area contributed by atoms with Crippen LogP contribution in [0.2, 0.25) is 0 Å². The topological polar surface area (TPSA) is 92.5 Å². The molecule has 130 valence electrons. The summed E-state index contributed by atoms with van der Waals surface area (Å²) in [6.45, 7) is 6.44. The van der Waals surface area contributed by atoms with Gasteiger partial charge in [0.1, 0.15) is 11.0 Å². The van der Waals surface area contributed by atoms with E-state index >= 15 is 0 Å². The summed E-state index contributed by atoms with van der Waals surface area (Å²) >= 11 is 0. The van der Waals surface area contributed by atoms with Gasteiger partial charge in [-0.15, -0.1) is 0 Å². The molecule has 0 spiro atoms. The van der Waals surface area contributed by atoms with Crippen molar-refractivity contribution >= 4 is 17.1 Å². The SMILES string of the molecule is CCNC(=O)NCC[C@H]1CN(Cc2ccc3nonc3c2)CCO1. The number of nitrogens with zero attached hydrogens (tertiary/aromatic N) is 3. The molecule has 1 fully saturated rings. The fourth-order valence-corrected chi connectivity index (χ4v) is 2.85. The van der Waals surface area contributed by atoms with Gasteiger partial charge in [0.2, 0.25) is 0 Å². The molecular formula is C16H23N5O3. The lowest BCUT2D eigenvalue weighted by molar-refractivity contribution is -0.0340. The summed E-state index contributed by atoms with van der Waals surface area (Å²) in [6, 6.07) is 5.86. The summed E-state index contributed by atoms with van der Waals surface area (Å²) in [5.41, 5.74) is 2.73. The maximum absolute atomic E-state index is 11.4. The van der Waals surface area contributed by atoms with Crippen LogP contribution in [0.4, 0.5) is 4.79 Å². The standard InChI is InChI=1S/C16H23N5O3/c1-2-17-16(22)18-6-5-13-11-21(7-8-23-13)10-12-3-4-14-15(9-12)20-24-19-14/h3-4,9,13H,2,5-8,10-11H2,1H3,(H2,17,18,22)/t13-/m0/s1. The second kappa shape index (κ2) is 8.07. The second-order valence-electron chi connectivity index (χ2n) is 5.89. The molecule has 2 heterocycles. The smallest absolute Gasteiger partial charge is 0.314 e. The van der Waals surface area contributed by atoms with Crippen LogP contribution in [-0.4, -0.2) is 60.1 Å². The third-order valence-corrected chi connectivity index (χ3v) is 4.04. The molecule has 0 bridgehead atoms. The number of nitrogens with one attached hydrogen (secondary N) is 2. The molecule has 0 saturated carbocycles. The Morgan fingerprint density at radius 1 is 1.33 bits per heavy atom. The predicted octanol–water partition coefficient (Wildman–Crippen LogP) is 1.13. The van der Waals surface area contributed by atoms with Gasteiger partial charge in [-0.25, -0.2) is 9.42 Å². The van der Waals surface area contributed by atoms with E-state index in [1.165, 1.54) is 5.56 Å². The molecular weight excluding hydrogens is 310 g/mol. The highest BCUT2D eigenvalue weighted by Gasteiger charge is 2.20. The molecule has 8 heteroatoms. The number of rotatable bonds is 6. The van der Waals surface area contributed by atoms with Gasteiger partial charge in [0.15, 0.2) is 0 Å². The number of fused-ring (bicyclic) bond motifs is 1. The third kappa shape index (κ3) is 4.42. The van der Waals surface area contributed by atoms with Crippen LogP contribution in [0.5, 0.6) is 0 Å². The number of morpholine rings is 1. The Labute approximate surface area is 140 Å². The summed E-state index contributed by atoms with van der Waals surface area (Å²) < 4.78 is 10.5. The lowest BCUT2D eigenvalue weighted by atomic mass is 10.1. The molecule has 0 aliphatic carbocycles. The number of hydrogen-bond acceptors (Lipinski definition) is 6. The fraction of sp³-hybridized carbons (Fsp3) is 0.562. The van der Waals surface area contributed by atoms with Crippen molar-refractivity contribution in [3.63, 3.8) is 0 Å². The maximum Gasteiger partial charge on any atom is 0.314 e. The monoisotopic (exact) mass is 333 g/mol. The Balaban J connectivity index is 1.47. The second-order valence-corrected chi connectivity index (χ2v) is 5.89. The van der Waals surface area contributed by atoms with Crippen molar-refractivity contribution in [1.29, 1.82) is 0 Å². The molecule has 1 aliphatic heterocycles. The Bertz CT molecular complexity index is 675. The van der Waals surface area contributed by atoms with Crippen molar-refractivity contribution in [2.75, 3.05) is 32.8 Å². The van der Waals surface area contributed by atoms with Crippen LogP contribution in [0.15, 0.2) is 22.8 Å².